The Morgan fingerprint density at radius 2 is 1.97 bits per heavy atom. The summed E-state index contributed by atoms with van der Waals surface area (Å²) in [4.78, 5) is 19.1. The van der Waals surface area contributed by atoms with E-state index >= 15 is 0 Å². The van der Waals surface area contributed by atoms with Crippen molar-refractivity contribution in [1.82, 2.24) is 9.88 Å². The Morgan fingerprint density at radius 3 is 2.69 bits per heavy atom. The van der Waals surface area contributed by atoms with Gasteiger partial charge in [0.2, 0.25) is 5.88 Å². The van der Waals surface area contributed by atoms with Crippen LogP contribution < -0.4 is 4.74 Å². The zero-order chi connectivity index (χ0) is 22.9. The number of fused-ring (bicyclic) bond motifs is 5. The molecule has 4 heterocycles. The van der Waals surface area contributed by atoms with Crippen molar-refractivity contribution in [3.8, 4) is 5.88 Å². The molecule has 32 heavy (non-hydrogen) atoms. The van der Waals surface area contributed by atoms with Gasteiger partial charge in [0.15, 0.2) is 6.61 Å². The molecule has 4 aliphatic rings. The predicted octanol–water partition coefficient (Wildman–Crippen LogP) is 3.47. The maximum atomic E-state index is 13.1. The lowest BCUT2D eigenvalue weighted by molar-refractivity contribution is -0.131. The van der Waals surface area contributed by atoms with Crippen molar-refractivity contribution in [2.75, 3.05) is 13.2 Å². The van der Waals surface area contributed by atoms with Gasteiger partial charge in [-0.05, 0) is 76.8 Å². The number of allylic oxidation sites excluding steroid dienone is 1. The van der Waals surface area contributed by atoms with Crippen LogP contribution in [0.5, 0.6) is 5.88 Å². The number of carbonyl (C=O) groups is 1. The van der Waals surface area contributed by atoms with Gasteiger partial charge in [-0.25, -0.2) is 13.4 Å². The van der Waals surface area contributed by atoms with Gasteiger partial charge in [0.25, 0.3) is 15.9 Å². The lowest BCUT2D eigenvalue weighted by atomic mass is 9.82. The number of pyridine rings is 1. The van der Waals surface area contributed by atoms with Crippen molar-refractivity contribution in [2.45, 2.75) is 76.6 Å². The molecule has 2 bridgehead atoms. The first kappa shape index (κ1) is 22.8. The van der Waals surface area contributed by atoms with Crippen LogP contribution in [0.15, 0.2) is 28.6 Å². The highest BCUT2D eigenvalue weighted by Crippen LogP contribution is 2.38. The number of piperidine rings is 1. The Morgan fingerprint density at radius 1 is 1.22 bits per heavy atom. The zero-order valence-corrected chi connectivity index (χ0v) is 19.7. The van der Waals surface area contributed by atoms with Gasteiger partial charge in [0.05, 0.1) is 17.1 Å². The number of amides is 1. The fourth-order valence-electron chi connectivity index (χ4n) is 4.42. The van der Waals surface area contributed by atoms with Gasteiger partial charge in [-0.3, -0.25) is 4.79 Å². The number of ether oxygens (including phenoxy) is 2. The number of sulfonamides is 1. The second-order valence-electron chi connectivity index (χ2n) is 9.06. The molecule has 1 aromatic heterocycles. The van der Waals surface area contributed by atoms with Crippen molar-refractivity contribution < 1.29 is 22.7 Å². The molecule has 8 nitrogen and oxygen atoms in total. The Bertz CT molecular complexity index is 1040. The standard InChI is InChI=1S/C23H31N3O5S/c1-15(2)32(28,29)25-20-5-4-10-26-21(20)13-30-18-8-6-17(7-9-18)19-11-16(3)12-24-23(19)31-14-22(26)27/h11-13,15,17-18H,4-10,14H2,1-3H3/b21-13-,25-20+. The first-order valence-electron chi connectivity index (χ1n) is 11.3. The van der Waals surface area contributed by atoms with Crippen molar-refractivity contribution in [2.24, 2.45) is 4.40 Å². The Hall–Kier alpha value is -2.42. The largest absolute Gasteiger partial charge is 0.496 e. The fraction of sp³-hybridized carbons (Fsp3) is 0.609. The van der Waals surface area contributed by atoms with Crippen LogP contribution in [0.25, 0.3) is 0 Å². The van der Waals surface area contributed by atoms with Crippen LogP contribution >= 0.6 is 0 Å². The smallest absolute Gasteiger partial charge is 0.265 e. The molecule has 1 aromatic rings. The van der Waals surface area contributed by atoms with Crippen LogP contribution in [0, 0.1) is 6.92 Å². The Kier molecular flexibility index (Phi) is 6.55. The topological polar surface area (TPSA) is 98.2 Å². The molecule has 1 aliphatic carbocycles. The summed E-state index contributed by atoms with van der Waals surface area (Å²) in [6.07, 6.45) is 8.03. The summed E-state index contributed by atoms with van der Waals surface area (Å²) in [6.45, 7) is 5.47. The van der Waals surface area contributed by atoms with E-state index in [0.717, 1.165) is 36.8 Å². The van der Waals surface area contributed by atoms with E-state index in [4.69, 9.17) is 9.47 Å². The molecule has 0 spiro atoms. The average Bonchev–Trinajstić information content (AvgIpc) is 2.78. The summed E-state index contributed by atoms with van der Waals surface area (Å²) in [7, 11) is -3.67. The molecule has 0 N–H and O–H groups in total. The van der Waals surface area contributed by atoms with Gasteiger partial charge in [-0.1, -0.05) is 0 Å². The highest BCUT2D eigenvalue weighted by molar-refractivity contribution is 7.90. The van der Waals surface area contributed by atoms with Gasteiger partial charge >= 0.3 is 0 Å². The van der Waals surface area contributed by atoms with E-state index in [1.165, 1.54) is 4.90 Å². The van der Waals surface area contributed by atoms with E-state index < -0.39 is 15.3 Å². The number of carbonyl (C=O) groups excluding carboxylic acids is 1. The van der Waals surface area contributed by atoms with Gasteiger partial charge in [0, 0.05) is 18.3 Å². The Balaban J connectivity index is 1.71. The molecule has 3 aliphatic heterocycles. The molecular formula is C23H31N3O5S. The fourth-order valence-corrected chi connectivity index (χ4v) is 5.12. The number of aromatic nitrogens is 1. The van der Waals surface area contributed by atoms with E-state index in [2.05, 4.69) is 15.4 Å². The summed E-state index contributed by atoms with van der Waals surface area (Å²) >= 11 is 0. The third-order valence-corrected chi connectivity index (χ3v) is 8.02. The number of aryl methyl sites for hydroxylation is 1. The van der Waals surface area contributed by atoms with E-state index in [9.17, 15) is 13.2 Å². The van der Waals surface area contributed by atoms with Crippen LogP contribution in [0.1, 0.15) is 69.4 Å². The highest BCUT2D eigenvalue weighted by Gasteiger charge is 2.32. The van der Waals surface area contributed by atoms with Crippen LogP contribution in [0.4, 0.5) is 0 Å². The average molecular weight is 462 g/mol. The van der Waals surface area contributed by atoms with E-state index in [1.807, 2.05) is 6.92 Å². The number of rotatable bonds is 2. The molecule has 2 fully saturated rings. The molecule has 1 saturated carbocycles. The summed E-state index contributed by atoms with van der Waals surface area (Å²) < 4.78 is 41.0. The minimum atomic E-state index is -3.67. The van der Waals surface area contributed by atoms with Crippen molar-refractivity contribution in [3.05, 3.63) is 35.3 Å². The highest BCUT2D eigenvalue weighted by atomic mass is 32.2. The zero-order valence-electron chi connectivity index (χ0n) is 18.9. The van der Waals surface area contributed by atoms with Crippen molar-refractivity contribution in [3.63, 3.8) is 0 Å². The first-order chi connectivity index (χ1) is 15.2. The summed E-state index contributed by atoms with van der Waals surface area (Å²) in [5.41, 5.74) is 2.91. The first-order valence-corrected chi connectivity index (χ1v) is 12.8. The normalized spacial score (nSPS) is 27.2. The molecule has 0 aromatic carbocycles. The van der Waals surface area contributed by atoms with E-state index in [1.54, 1.807) is 26.3 Å². The van der Waals surface area contributed by atoms with Crippen LogP contribution in [-0.4, -0.2) is 54.4 Å². The Labute approximate surface area is 189 Å². The number of hydrogen-bond acceptors (Lipinski definition) is 6. The molecular weight excluding hydrogens is 430 g/mol. The molecule has 0 radical (unpaired) electrons. The monoisotopic (exact) mass is 461 g/mol. The third kappa shape index (κ3) is 4.82. The molecule has 9 heteroatoms. The van der Waals surface area contributed by atoms with E-state index in [-0.39, 0.29) is 18.6 Å². The summed E-state index contributed by atoms with van der Waals surface area (Å²) in [5, 5.41) is -0.637. The van der Waals surface area contributed by atoms with Crippen molar-refractivity contribution in [1.29, 1.82) is 0 Å². The minimum Gasteiger partial charge on any atom is -0.496 e. The van der Waals surface area contributed by atoms with Crippen molar-refractivity contribution >= 4 is 21.6 Å². The van der Waals surface area contributed by atoms with E-state index in [0.29, 0.717) is 42.6 Å². The van der Waals surface area contributed by atoms with Gasteiger partial charge in [-0.2, -0.15) is 4.40 Å². The third-order valence-electron chi connectivity index (χ3n) is 6.35. The number of hydrogen-bond donors (Lipinski definition) is 0. The second-order valence-corrected chi connectivity index (χ2v) is 11.2. The molecule has 5 rings (SSSR count). The van der Waals surface area contributed by atoms with Crippen LogP contribution in [0.2, 0.25) is 0 Å². The maximum Gasteiger partial charge on any atom is 0.265 e. The van der Waals surface area contributed by atoms with Gasteiger partial charge in [-0.15, -0.1) is 0 Å². The minimum absolute atomic E-state index is 0.0171. The second kappa shape index (κ2) is 9.21. The van der Waals surface area contributed by atoms with Crippen LogP contribution in [-0.2, 0) is 19.6 Å². The number of nitrogens with zero attached hydrogens (tertiary/aromatic N) is 3. The maximum absolute atomic E-state index is 13.1. The molecule has 174 valence electrons. The van der Waals surface area contributed by atoms with Crippen LogP contribution in [0.3, 0.4) is 0 Å². The SMILES string of the molecule is Cc1cnc2c(c1)C1CCC(CC1)O/C=C1/C(=N/S(=O)(=O)C(C)C)CCCN1C(=O)CO2. The van der Waals surface area contributed by atoms with Gasteiger partial charge < -0.3 is 14.4 Å². The van der Waals surface area contributed by atoms with Gasteiger partial charge in [0.1, 0.15) is 12.0 Å². The molecule has 1 saturated heterocycles. The molecule has 1 amide bonds. The quantitative estimate of drug-likeness (QED) is 0.669. The molecule has 0 atom stereocenters. The lowest BCUT2D eigenvalue weighted by Gasteiger charge is -2.31. The molecule has 0 unspecified atom stereocenters. The summed E-state index contributed by atoms with van der Waals surface area (Å²) in [5.74, 6) is 0.553. The summed E-state index contributed by atoms with van der Waals surface area (Å²) in [6, 6.07) is 2.10. The predicted molar refractivity (Wildman–Crippen MR) is 121 cm³/mol. The lowest BCUT2D eigenvalue weighted by Crippen LogP contribution is -2.41.